The maximum Gasteiger partial charge on any atom is 0.162 e. The molecule has 6 heteroatoms. The van der Waals surface area contributed by atoms with Gasteiger partial charge in [0.15, 0.2) is 11.5 Å². The molecule has 0 unspecified atom stereocenters. The summed E-state index contributed by atoms with van der Waals surface area (Å²) in [5.41, 5.74) is 1.48. The van der Waals surface area contributed by atoms with Crippen molar-refractivity contribution in [2.75, 3.05) is 19.5 Å². The predicted octanol–water partition coefficient (Wildman–Crippen LogP) is 4.87. The van der Waals surface area contributed by atoms with Crippen LogP contribution in [-0.4, -0.2) is 14.2 Å². The average molecular weight is 375 g/mol. The van der Waals surface area contributed by atoms with E-state index in [1.165, 1.54) is 12.1 Å². The summed E-state index contributed by atoms with van der Waals surface area (Å²) in [7, 11) is 3.10. The van der Waals surface area contributed by atoms with Gasteiger partial charge in [-0.05, 0) is 23.8 Å². The van der Waals surface area contributed by atoms with Crippen LogP contribution in [0.4, 0.5) is 10.1 Å². The summed E-state index contributed by atoms with van der Waals surface area (Å²) in [4.78, 5) is 0. The van der Waals surface area contributed by atoms with Gasteiger partial charge in [-0.2, -0.15) is 0 Å². The molecular formula is C15H14BrClFNO2. The molecule has 0 aliphatic heterocycles. The Labute approximate surface area is 136 Å². The number of anilines is 1. The summed E-state index contributed by atoms with van der Waals surface area (Å²) >= 11 is 9.58. The highest BCUT2D eigenvalue weighted by Crippen LogP contribution is 2.36. The number of halogens is 3. The van der Waals surface area contributed by atoms with E-state index in [0.717, 1.165) is 10.0 Å². The molecule has 0 atom stereocenters. The van der Waals surface area contributed by atoms with E-state index in [2.05, 4.69) is 21.2 Å². The predicted molar refractivity (Wildman–Crippen MR) is 86.0 cm³/mol. The van der Waals surface area contributed by atoms with Crippen molar-refractivity contribution in [3.8, 4) is 11.5 Å². The second-order valence-corrected chi connectivity index (χ2v) is 5.54. The lowest BCUT2D eigenvalue weighted by atomic mass is 10.2. The first-order valence-corrected chi connectivity index (χ1v) is 7.31. The molecule has 0 fully saturated rings. The molecule has 3 nitrogen and oxygen atoms in total. The van der Waals surface area contributed by atoms with E-state index in [1.807, 2.05) is 0 Å². The van der Waals surface area contributed by atoms with Crippen molar-refractivity contribution in [2.24, 2.45) is 0 Å². The fraction of sp³-hybridized carbons (Fsp3) is 0.200. The minimum atomic E-state index is -0.284. The van der Waals surface area contributed by atoms with Crippen molar-refractivity contribution < 1.29 is 13.9 Å². The van der Waals surface area contributed by atoms with Crippen molar-refractivity contribution in [3.63, 3.8) is 0 Å². The standard InChI is InChI=1S/C15H14BrClFNO2/c1-20-14-6-12(17)13(7-15(14)21-2)19-8-9-5-10(18)3-4-11(9)16/h3-7,19H,8H2,1-2H3. The van der Waals surface area contributed by atoms with Gasteiger partial charge in [0.25, 0.3) is 0 Å². The van der Waals surface area contributed by atoms with Gasteiger partial charge in [0.2, 0.25) is 0 Å². The topological polar surface area (TPSA) is 30.5 Å². The SMILES string of the molecule is COc1cc(Cl)c(NCc2cc(F)ccc2Br)cc1OC. The maximum atomic E-state index is 13.3. The molecule has 2 aromatic carbocycles. The zero-order chi connectivity index (χ0) is 15.4. The first-order valence-electron chi connectivity index (χ1n) is 6.14. The van der Waals surface area contributed by atoms with E-state index < -0.39 is 0 Å². The normalized spacial score (nSPS) is 10.3. The minimum absolute atomic E-state index is 0.284. The lowest BCUT2D eigenvalue weighted by Gasteiger charge is -2.14. The molecule has 0 bridgehead atoms. The van der Waals surface area contributed by atoms with Gasteiger partial charge < -0.3 is 14.8 Å². The third-order valence-corrected chi connectivity index (χ3v) is 4.04. The number of hydrogen-bond acceptors (Lipinski definition) is 3. The van der Waals surface area contributed by atoms with Crippen LogP contribution in [0, 0.1) is 5.82 Å². The largest absolute Gasteiger partial charge is 0.493 e. The molecule has 0 radical (unpaired) electrons. The van der Waals surface area contributed by atoms with E-state index in [0.29, 0.717) is 28.8 Å². The molecule has 2 rings (SSSR count). The highest BCUT2D eigenvalue weighted by atomic mass is 79.9. The van der Waals surface area contributed by atoms with Crippen molar-refractivity contribution in [1.29, 1.82) is 0 Å². The van der Waals surface area contributed by atoms with Gasteiger partial charge in [-0.15, -0.1) is 0 Å². The summed E-state index contributed by atoms with van der Waals surface area (Å²) < 4.78 is 24.5. The molecule has 1 N–H and O–H groups in total. The summed E-state index contributed by atoms with van der Waals surface area (Å²) in [6, 6.07) is 7.95. The fourth-order valence-corrected chi connectivity index (χ4v) is 2.47. The van der Waals surface area contributed by atoms with Crippen LogP contribution in [0.5, 0.6) is 11.5 Å². The van der Waals surface area contributed by atoms with Gasteiger partial charge >= 0.3 is 0 Å². The number of methoxy groups -OCH3 is 2. The second kappa shape index (κ2) is 7.00. The molecule has 0 heterocycles. The van der Waals surface area contributed by atoms with E-state index >= 15 is 0 Å². The Bertz CT molecular complexity index is 652. The maximum absolute atomic E-state index is 13.3. The monoisotopic (exact) mass is 373 g/mol. The van der Waals surface area contributed by atoms with Crippen molar-refractivity contribution in [1.82, 2.24) is 0 Å². The highest BCUT2D eigenvalue weighted by molar-refractivity contribution is 9.10. The molecule has 0 saturated carbocycles. The molecule has 112 valence electrons. The quantitative estimate of drug-likeness (QED) is 0.810. The Hall–Kier alpha value is -1.46. The van der Waals surface area contributed by atoms with Crippen molar-refractivity contribution >= 4 is 33.2 Å². The Morgan fingerprint density at radius 3 is 2.48 bits per heavy atom. The molecule has 0 spiro atoms. The number of hydrogen-bond donors (Lipinski definition) is 1. The zero-order valence-electron chi connectivity index (χ0n) is 11.5. The van der Waals surface area contributed by atoms with Gasteiger partial charge in [-0.25, -0.2) is 4.39 Å². The van der Waals surface area contributed by atoms with Crippen molar-refractivity contribution in [2.45, 2.75) is 6.54 Å². The second-order valence-electron chi connectivity index (χ2n) is 4.28. The minimum Gasteiger partial charge on any atom is -0.493 e. The van der Waals surface area contributed by atoms with Crippen molar-refractivity contribution in [3.05, 3.63) is 51.2 Å². The molecule has 0 saturated heterocycles. The molecule has 21 heavy (non-hydrogen) atoms. The van der Waals surface area contributed by atoms with Crippen LogP contribution in [0.2, 0.25) is 5.02 Å². The summed E-state index contributed by atoms with van der Waals surface area (Å²) in [6.07, 6.45) is 0. The fourth-order valence-electron chi connectivity index (χ4n) is 1.86. The number of nitrogens with one attached hydrogen (secondary N) is 1. The van der Waals surface area contributed by atoms with Crippen LogP contribution < -0.4 is 14.8 Å². The highest BCUT2D eigenvalue weighted by Gasteiger charge is 2.10. The Morgan fingerprint density at radius 1 is 1.14 bits per heavy atom. The number of benzene rings is 2. The number of ether oxygens (including phenoxy) is 2. The van der Waals surface area contributed by atoms with Gasteiger partial charge in [0, 0.05) is 23.2 Å². The Morgan fingerprint density at radius 2 is 1.81 bits per heavy atom. The summed E-state index contributed by atoms with van der Waals surface area (Å²) in [5, 5.41) is 3.66. The number of rotatable bonds is 5. The third kappa shape index (κ3) is 3.80. The summed E-state index contributed by atoms with van der Waals surface area (Å²) in [5.74, 6) is 0.844. The first-order chi connectivity index (χ1) is 10.0. The molecule has 0 aliphatic rings. The van der Waals surface area contributed by atoms with Gasteiger partial charge in [0.05, 0.1) is 24.9 Å². The first kappa shape index (κ1) is 15.9. The molecular weight excluding hydrogens is 361 g/mol. The van der Waals surface area contributed by atoms with E-state index in [-0.39, 0.29) is 5.82 Å². The van der Waals surface area contributed by atoms with E-state index in [9.17, 15) is 4.39 Å². The van der Waals surface area contributed by atoms with E-state index in [1.54, 1.807) is 32.4 Å². The molecule has 0 amide bonds. The average Bonchev–Trinajstić information content (AvgIpc) is 2.48. The summed E-state index contributed by atoms with van der Waals surface area (Å²) in [6.45, 7) is 0.424. The Balaban J connectivity index is 2.21. The smallest absolute Gasteiger partial charge is 0.162 e. The van der Waals surface area contributed by atoms with Crippen LogP contribution in [0.1, 0.15) is 5.56 Å². The van der Waals surface area contributed by atoms with Crippen LogP contribution in [-0.2, 0) is 6.54 Å². The molecule has 0 aliphatic carbocycles. The lowest BCUT2D eigenvalue weighted by Crippen LogP contribution is -2.02. The molecule has 0 aromatic heterocycles. The van der Waals surface area contributed by atoms with Crippen LogP contribution >= 0.6 is 27.5 Å². The lowest BCUT2D eigenvalue weighted by molar-refractivity contribution is 0.355. The van der Waals surface area contributed by atoms with Crippen LogP contribution in [0.25, 0.3) is 0 Å². The van der Waals surface area contributed by atoms with Crippen LogP contribution in [0.3, 0.4) is 0 Å². The van der Waals surface area contributed by atoms with Gasteiger partial charge in [-0.1, -0.05) is 27.5 Å². The Kier molecular flexibility index (Phi) is 5.31. The third-order valence-electron chi connectivity index (χ3n) is 2.95. The van der Waals surface area contributed by atoms with Gasteiger partial charge in [-0.3, -0.25) is 0 Å². The zero-order valence-corrected chi connectivity index (χ0v) is 13.9. The van der Waals surface area contributed by atoms with E-state index in [4.69, 9.17) is 21.1 Å². The van der Waals surface area contributed by atoms with Crippen LogP contribution in [0.15, 0.2) is 34.8 Å². The molecule has 2 aromatic rings. The van der Waals surface area contributed by atoms with Gasteiger partial charge in [0.1, 0.15) is 5.82 Å².